The first-order valence-corrected chi connectivity index (χ1v) is 11.4. The molecule has 9 heteroatoms. The molecule has 0 radical (unpaired) electrons. The van der Waals surface area contributed by atoms with Crippen molar-refractivity contribution in [2.45, 2.75) is 39.5 Å². The highest BCUT2D eigenvalue weighted by Gasteiger charge is 2.35. The Morgan fingerprint density at radius 1 is 1.31 bits per heavy atom. The van der Waals surface area contributed by atoms with Crippen LogP contribution in [0.4, 0.5) is 0 Å². The number of nitrogens with one attached hydrogen (secondary N) is 1. The molecule has 1 saturated heterocycles. The molecule has 1 aromatic carbocycles. The number of benzene rings is 1. The summed E-state index contributed by atoms with van der Waals surface area (Å²) >= 11 is 11.6. The van der Waals surface area contributed by atoms with E-state index < -0.39 is 9.84 Å². The fraction of sp³-hybridized carbons (Fsp3) is 0.529. The van der Waals surface area contributed by atoms with E-state index in [0.717, 1.165) is 24.5 Å². The van der Waals surface area contributed by atoms with Crippen LogP contribution in [0.3, 0.4) is 0 Å². The normalized spacial score (nSPS) is 20.3. The molecule has 6 nitrogen and oxygen atoms in total. The van der Waals surface area contributed by atoms with Gasteiger partial charge < -0.3 is 9.47 Å². The molecule has 1 fully saturated rings. The first kappa shape index (κ1) is 19.5. The third kappa shape index (κ3) is 4.03. The van der Waals surface area contributed by atoms with Gasteiger partial charge in [0.15, 0.2) is 22.3 Å². The fourth-order valence-corrected chi connectivity index (χ4v) is 5.75. The van der Waals surface area contributed by atoms with Gasteiger partial charge >= 0.3 is 0 Å². The summed E-state index contributed by atoms with van der Waals surface area (Å²) in [6.07, 6.45) is 0.706. The Morgan fingerprint density at radius 3 is 2.54 bits per heavy atom. The van der Waals surface area contributed by atoms with Gasteiger partial charge in [0.2, 0.25) is 4.77 Å². The van der Waals surface area contributed by atoms with Crippen LogP contribution in [0.5, 0.6) is 0 Å². The zero-order valence-corrected chi connectivity index (χ0v) is 17.4. The zero-order chi connectivity index (χ0) is 18.9. The number of quaternary nitrogens is 1. The van der Waals surface area contributed by atoms with Crippen molar-refractivity contribution in [3.05, 3.63) is 34.1 Å². The lowest BCUT2D eigenvalue weighted by molar-refractivity contribution is -0.943. The van der Waals surface area contributed by atoms with Crippen LogP contribution in [0.1, 0.15) is 20.3 Å². The molecule has 1 unspecified atom stereocenters. The van der Waals surface area contributed by atoms with Gasteiger partial charge in [-0.15, -0.1) is 5.10 Å². The van der Waals surface area contributed by atoms with Crippen molar-refractivity contribution in [1.82, 2.24) is 14.3 Å². The summed E-state index contributed by atoms with van der Waals surface area (Å²) in [6, 6.07) is 7.66. The molecule has 0 aliphatic carbocycles. The van der Waals surface area contributed by atoms with Gasteiger partial charge in [-0.05, 0) is 50.3 Å². The average Bonchev–Trinajstić information content (AvgIpc) is 3.12. The van der Waals surface area contributed by atoms with Crippen LogP contribution in [0, 0.1) is 4.77 Å². The predicted octanol–water partition coefficient (Wildman–Crippen LogP) is 1.80. The molecule has 0 saturated carbocycles. The first-order valence-electron chi connectivity index (χ1n) is 8.83. The van der Waals surface area contributed by atoms with Crippen LogP contribution < -0.4 is 4.90 Å². The highest BCUT2D eigenvalue weighted by Crippen LogP contribution is 2.20. The van der Waals surface area contributed by atoms with Gasteiger partial charge in [-0.1, -0.05) is 11.6 Å². The van der Waals surface area contributed by atoms with Crippen LogP contribution in [0.2, 0.25) is 5.02 Å². The predicted molar refractivity (Wildman–Crippen MR) is 106 cm³/mol. The van der Waals surface area contributed by atoms with Crippen LogP contribution in [0.25, 0.3) is 11.4 Å². The van der Waals surface area contributed by atoms with E-state index in [1.165, 1.54) is 4.90 Å². The van der Waals surface area contributed by atoms with Crippen molar-refractivity contribution in [3.63, 3.8) is 0 Å². The maximum absolute atomic E-state index is 11.8. The Kier molecular flexibility index (Phi) is 5.86. The second kappa shape index (κ2) is 7.80. The molecule has 1 N–H and O–H groups in total. The average molecular weight is 416 g/mol. The molecule has 1 aromatic heterocycles. The summed E-state index contributed by atoms with van der Waals surface area (Å²) in [7, 11) is -2.90. The number of hydrogen-bond donors (Lipinski definition) is 1. The van der Waals surface area contributed by atoms with E-state index in [4.69, 9.17) is 28.9 Å². The van der Waals surface area contributed by atoms with E-state index in [9.17, 15) is 8.42 Å². The van der Waals surface area contributed by atoms with Gasteiger partial charge in [-0.2, -0.15) is 4.68 Å². The maximum atomic E-state index is 11.8. The third-order valence-corrected chi connectivity index (χ3v) is 7.41. The molecule has 1 aliphatic heterocycles. The lowest BCUT2D eigenvalue weighted by Gasteiger charge is -2.23. The van der Waals surface area contributed by atoms with Gasteiger partial charge in [-0.3, -0.25) is 0 Å². The molecular weight excluding hydrogens is 392 g/mol. The van der Waals surface area contributed by atoms with Gasteiger partial charge in [-0.25, -0.2) is 8.42 Å². The number of nitrogens with zero attached hydrogens (tertiary/aromatic N) is 3. The smallest absolute Gasteiger partial charge is 0.203 e. The molecule has 0 amide bonds. The SMILES string of the molecule is CCn1c(-c2ccc(Cl)cc2)nn(C[NH+](CC)[C@@H]2CCS(=O)(=O)C2)c1=S. The maximum Gasteiger partial charge on any atom is 0.203 e. The number of rotatable bonds is 6. The molecule has 2 aromatic rings. The molecule has 26 heavy (non-hydrogen) atoms. The largest absolute Gasteiger partial charge is 0.313 e. The molecule has 142 valence electrons. The Bertz CT molecular complexity index is 935. The summed E-state index contributed by atoms with van der Waals surface area (Å²) in [4.78, 5) is 1.20. The molecule has 0 spiro atoms. The number of aromatic nitrogens is 3. The van der Waals surface area contributed by atoms with Crippen LogP contribution >= 0.6 is 23.8 Å². The molecule has 0 bridgehead atoms. The van der Waals surface area contributed by atoms with E-state index in [0.29, 0.717) is 22.9 Å². The van der Waals surface area contributed by atoms with Crippen LogP contribution in [-0.4, -0.2) is 46.9 Å². The van der Waals surface area contributed by atoms with Crippen molar-refractivity contribution in [2.75, 3.05) is 18.1 Å². The van der Waals surface area contributed by atoms with Crippen LogP contribution in [-0.2, 0) is 23.1 Å². The van der Waals surface area contributed by atoms with E-state index in [-0.39, 0.29) is 17.5 Å². The van der Waals surface area contributed by atoms with Gasteiger partial charge in [0.1, 0.15) is 11.8 Å². The van der Waals surface area contributed by atoms with Crippen molar-refractivity contribution in [1.29, 1.82) is 0 Å². The Morgan fingerprint density at radius 2 is 2.00 bits per heavy atom. The van der Waals surface area contributed by atoms with E-state index in [1.807, 2.05) is 40.4 Å². The minimum absolute atomic E-state index is 0.109. The Balaban J connectivity index is 1.90. The number of sulfone groups is 1. The lowest BCUT2D eigenvalue weighted by Crippen LogP contribution is -3.15. The number of halogens is 1. The molecular formula is C17H24ClN4O2S2+. The zero-order valence-electron chi connectivity index (χ0n) is 15.0. The van der Waals surface area contributed by atoms with Gasteiger partial charge in [0, 0.05) is 23.6 Å². The quantitative estimate of drug-likeness (QED) is 0.731. The van der Waals surface area contributed by atoms with Crippen molar-refractivity contribution in [3.8, 4) is 11.4 Å². The van der Waals surface area contributed by atoms with Gasteiger partial charge in [0.25, 0.3) is 0 Å². The molecule has 1 aliphatic rings. The van der Waals surface area contributed by atoms with E-state index in [2.05, 4.69) is 6.92 Å². The van der Waals surface area contributed by atoms with E-state index >= 15 is 0 Å². The number of hydrogen-bond acceptors (Lipinski definition) is 4. The molecule has 3 rings (SSSR count). The van der Waals surface area contributed by atoms with Crippen molar-refractivity contribution in [2.24, 2.45) is 0 Å². The monoisotopic (exact) mass is 415 g/mol. The minimum Gasteiger partial charge on any atom is -0.313 e. The third-order valence-electron chi connectivity index (χ3n) is 4.96. The topological polar surface area (TPSA) is 61.3 Å². The standard InChI is InChI=1S/C17H23ClN4O2S2/c1-3-20(15-9-10-26(23,24)11-15)12-22-17(25)21(4-2)16(19-22)13-5-7-14(18)8-6-13/h5-8,15H,3-4,9-12H2,1-2H3/p+1/t15-/m1/s1. The van der Waals surface area contributed by atoms with Crippen LogP contribution in [0.15, 0.2) is 24.3 Å². The summed E-state index contributed by atoms with van der Waals surface area (Å²) in [6.45, 7) is 6.23. The van der Waals surface area contributed by atoms with Crippen molar-refractivity contribution >= 4 is 33.7 Å². The molecule has 2 heterocycles. The lowest BCUT2D eigenvalue weighted by atomic mass is 10.2. The molecule has 2 atom stereocenters. The summed E-state index contributed by atoms with van der Waals surface area (Å²) in [5.41, 5.74) is 0.961. The van der Waals surface area contributed by atoms with E-state index in [1.54, 1.807) is 0 Å². The first-order chi connectivity index (χ1) is 12.3. The second-order valence-electron chi connectivity index (χ2n) is 6.63. The van der Waals surface area contributed by atoms with Crippen molar-refractivity contribution < 1.29 is 13.3 Å². The second-order valence-corrected chi connectivity index (χ2v) is 9.66. The Hall–Kier alpha value is -1.22. The summed E-state index contributed by atoms with van der Waals surface area (Å²) in [5.74, 6) is 1.34. The minimum atomic E-state index is -2.90. The highest BCUT2D eigenvalue weighted by molar-refractivity contribution is 7.91. The highest BCUT2D eigenvalue weighted by atomic mass is 35.5. The fourth-order valence-electron chi connectivity index (χ4n) is 3.48. The summed E-state index contributed by atoms with van der Waals surface area (Å²) in [5, 5.41) is 5.42. The Labute approximate surface area is 164 Å². The summed E-state index contributed by atoms with van der Waals surface area (Å²) < 4.78 is 28.1. The van der Waals surface area contributed by atoms with Gasteiger partial charge in [0.05, 0.1) is 12.3 Å².